The van der Waals surface area contributed by atoms with E-state index in [1.54, 1.807) is 11.3 Å². The number of fused-ring (bicyclic) bond motifs is 1. The number of nitrogens with two attached hydrogens (primary N) is 1. The van der Waals surface area contributed by atoms with E-state index in [1.165, 1.54) is 0 Å². The summed E-state index contributed by atoms with van der Waals surface area (Å²) in [6.45, 7) is 3.43. The lowest BCUT2D eigenvalue weighted by Gasteiger charge is -2.30. The van der Waals surface area contributed by atoms with Crippen LogP contribution in [-0.4, -0.2) is 54.3 Å². The predicted octanol–water partition coefficient (Wildman–Crippen LogP) is 1.02. The Bertz CT molecular complexity index is 572. The summed E-state index contributed by atoms with van der Waals surface area (Å²) < 4.78 is 5.72. The molecular formula is C12H17N5OS. The van der Waals surface area contributed by atoms with Gasteiger partial charge in [0.15, 0.2) is 0 Å². The highest BCUT2D eigenvalue weighted by molar-refractivity contribution is 7.16. The molecule has 3 N–H and O–H groups in total. The fraction of sp³-hybridized carbons (Fsp3) is 0.500. The molecule has 19 heavy (non-hydrogen) atoms. The van der Waals surface area contributed by atoms with Gasteiger partial charge in [-0.2, -0.15) is 4.98 Å². The molecule has 0 radical (unpaired) electrons. The van der Waals surface area contributed by atoms with Crippen LogP contribution in [0.4, 0.5) is 11.8 Å². The van der Waals surface area contributed by atoms with Crippen LogP contribution >= 0.6 is 11.3 Å². The Morgan fingerprint density at radius 2 is 2.47 bits per heavy atom. The lowest BCUT2D eigenvalue weighted by Crippen LogP contribution is -2.43. The van der Waals surface area contributed by atoms with Gasteiger partial charge in [-0.1, -0.05) is 0 Å². The summed E-state index contributed by atoms with van der Waals surface area (Å²) in [6, 6.07) is 2.01. The maximum absolute atomic E-state index is 5.72. The molecular weight excluding hydrogens is 262 g/mol. The van der Waals surface area contributed by atoms with Crippen molar-refractivity contribution >= 4 is 33.3 Å². The van der Waals surface area contributed by atoms with Gasteiger partial charge >= 0.3 is 0 Å². The highest BCUT2D eigenvalue weighted by Gasteiger charge is 2.18. The molecule has 0 aliphatic carbocycles. The van der Waals surface area contributed by atoms with E-state index in [0.29, 0.717) is 5.95 Å². The van der Waals surface area contributed by atoms with Crippen LogP contribution in [0.15, 0.2) is 11.4 Å². The largest absolute Gasteiger partial charge is 0.374 e. The first-order chi connectivity index (χ1) is 9.22. The van der Waals surface area contributed by atoms with Crippen molar-refractivity contribution < 1.29 is 4.74 Å². The van der Waals surface area contributed by atoms with Crippen molar-refractivity contribution in [3.05, 3.63) is 11.4 Å². The van der Waals surface area contributed by atoms with Crippen LogP contribution < -0.4 is 11.1 Å². The first kappa shape index (κ1) is 12.6. The average Bonchev–Trinajstić information content (AvgIpc) is 2.84. The van der Waals surface area contributed by atoms with Crippen molar-refractivity contribution in [2.24, 2.45) is 0 Å². The summed E-state index contributed by atoms with van der Waals surface area (Å²) in [5.74, 6) is 1.10. The van der Waals surface area contributed by atoms with Crippen LogP contribution in [0.1, 0.15) is 0 Å². The SMILES string of the molecule is CN1CCOC(CNc2nc(N)nc3sccc23)C1. The molecule has 7 heteroatoms. The number of hydrogen-bond acceptors (Lipinski definition) is 7. The molecule has 0 bridgehead atoms. The first-order valence-electron chi connectivity index (χ1n) is 6.27. The van der Waals surface area contributed by atoms with Gasteiger partial charge in [-0.05, 0) is 18.5 Å². The third kappa shape index (κ3) is 2.78. The lowest BCUT2D eigenvalue weighted by molar-refractivity contribution is -0.0117. The Kier molecular flexibility index (Phi) is 3.50. The Hall–Kier alpha value is -1.44. The van der Waals surface area contributed by atoms with Gasteiger partial charge in [0.05, 0.1) is 18.1 Å². The molecule has 2 aromatic heterocycles. The number of likely N-dealkylation sites (N-methyl/N-ethyl adjacent to an activating group) is 1. The van der Waals surface area contributed by atoms with Crippen LogP contribution in [0.25, 0.3) is 10.2 Å². The van der Waals surface area contributed by atoms with Crippen LogP contribution in [0.5, 0.6) is 0 Å². The minimum Gasteiger partial charge on any atom is -0.374 e. The maximum atomic E-state index is 5.72. The first-order valence-corrected chi connectivity index (χ1v) is 7.15. The number of anilines is 2. The summed E-state index contributed by atoms with van der Waals surface area (Å²) >= 11 is 1.57. The van der Waals surface area contributed by atoms with Crippen molar-refractivity contribution in [1.82, 2.24) is 14.9 Å². The molecule has 3 rings (SSSR count). The molecule has 1 fully saturated rings. The number of thiophene rings is 1. The van der Waals surface area contributed by atoms with Crippen molar-refractivity contribution in [3.63, 3.8) is 0 Å². The molecule has 1 aliphatic rings. The van der Waals surface area contributed by atoms with Gasteiger partial charge in [-0.3, -0.25) is 0 Å². The number of ether oxygens (including phenoxy) is 1. The van der Waals surface area contributed by atoms with E-state index in [2.05, 4.69) is 27.2 Å². The van der Waals surface area contributed by atoms with Crippen LogP contribution in [0.3, 0.4) is 0 Å². The number of hydrogen-bond donors (Lipinski definition) is 2. The van der Waals surface area contributed by atoms with Crippen LogP contribution in [0, 0.1) is 0 Å². The van der Waals surface area contributed by atoms with Gasteiger partial charge in [0.1, 0.15) is 10.6 Å². The molecule has 0 aromatic carbocycles. The summed E-state index contributed by atoms with van der Waals surface area (Å²) in [6.07, 6.45) is 0.184. The average molecular weight is 279 g/mol. The second-order valence-corrected chi connectivity index (χ2v) is 5.60. The highest BCUT2D eigenvalue weighted by Crippen LogP contribution is 2.25. The van der Waals surface area contributed by atoms with Gasteiger partial charge in [0.25, 0.3) is 0 Å². The minimum absolute atomic E-state index is 0.184. The van der Waals surface area contributed by atoms with Crippen molar-refractivity contribution in [1.29, 1.82) is 0 Å². The molecule has 6 nitrogen and oxygen atoms in total. The zero-order valence-electron chi connectivity index (χ0n) is 10.8. The smallest absolute Gasteiger partial charge is 0.223 e. The Morgan fingerprint density at radius 3 is 3.32 bits per heavy atom. The van der Waals surface area contributed by atoms with Crippen molar-refractivity contribution in [2.45, 2.75) is 6.10 Å². The molecule has 1 aliphatic heterocycles. The molecule has 1 unspecified atom stereocenters. The monoisotopic (exact) mass is 279 g/mol. The molecule has 0 spiro atoms. The fourth-order valence-electron chi connectivity index (χ4n) is 2.21. The van der Waals surface area contributed by atoms with Crippen molar-refractivity contribution in [2.75, 3.05) is 44.3 Å². The number of nitrogen functional groups attached to an aromatic ring is 1. The van der Waals surface area contributed by atoms with Crippen LogP contribution in [0.2, 0.25) is 0 Å². The van der Waals surface area contributed by atoms with Gasteiger partial charge in [-0.25, -0.2) is 4.98 Å². The Morgan fingerprint density at radius 1 is 1.58 bits per heavy atom. The third-order valence-electron chi connectivity index (χ3n) is 3.18. The van der Waals surface area contributed by atoms with Gasteiger partial charge in [0.2, 0.25) is 5.95 Å². The molecule has 0 amide bonds. The van der Waals surface area contributed by atoms with E-state index in [-0.39, 0.29) is 6.10 Å². The second kappa shape index (κ2) is 5.28. The zero-order valence-corrected chi connectivity index (χ0v) is 11.6. The summed E-state index contributed by atoms with van der Waals surface area (Å²) in [7, 11) is 2.11. The number of rotatable bonds is 3. The standard InChI is InChI=1S/C12H17N5OS/c1-17-3-4-18-8(7-17)6-14-10-9-2-5-19-11(9)16-12(13)15-10/h2,5,8H,3-4,6-7H2,1H3,(H3,13,14,15,16). The number of aromatic nitrogens is 2. The van der Waals surface area contributed by atoms with Crippen LogP contribution in [-0.2, 0) is 4.74 Å². The number of morpholine rings is 1. The molecule has 1 saturated heterocycles. The van der Waals surface area contributed by atoms with Gasteiger partial charge in [-0.15, -0.1) is 11.3 Å². The number of nitrogens with one attached hydrogen (secondary N) is 1. The van der Waals surface area contributed by atoms with E-state index < -0.39 is 0 Å². The van der Waals surface area contributed by atoms with E-state index >= 15 is 0 Å². The third-order valence-corrected chi connectivity index (χ3v) is 3.99. The van der Waals surface area contributed by atoms with E-state index in [4.69, 9.17) is 10.5 Å². The van der Waals surface area contributed by atoms with E-state index in [1.807, 2.05) is 11.4 Å². The van der Waals surface area contributed by atoms with Gasteiger partial charge < -0.3 is 20.7 Å². The normalized spacial score (nSPS) is 20.8. The summed E-state index contributed by atoms with van der Waals surface area (Å²) in [4.78, 5) is 11.7. The number of nitrogens with zero attached hydrogens (tertiary/aromatic N) is 3. The van der Waals surface area contributed by atoms with Crippen molar-refractivity contribution in [3.8, 4) is 0 Å². The molecule has 1 atom stereocenters. The Labute approximate surface area is 115 Å². The second-order valence-electron chi connectivity index (χ2n) is 4.71. The van der Waals surface area contributed by atoms with E-state index in [0.717, 1.165) is 42.3 Å². The fourth-order valence-corrected chi connectivity index (χ4v) is 2.98. The van der Waals surface area contributed by atoms with Gasteiger partial charge in [0, 0.05) is 19.6 Å². The molecule has 2 aromatic rings. The summed E-state index contributed by atoms with van der Waals surface area (Å²) in [5, 5.41) is 6.34. The zero-order chi connectivity index (χ0) is 13.2. The molecule has 102 valence electrons. The summed E-state index contributed by atoms with van der Waals surface area (Å²) in [5.41, 5.74) is 5.72. The minimum atomic E-state index is 0.184. The lowest BCUT2D eigenvalue weighted by atomic mass is 10.2. The predicted molar refractivity (Wildman–Crippen MR) is 77.6 cm³/mol. The quantitative estimate of drug-likeness (QED) is 0.873. The maximum Gasteiger partial charge on any atom is 0.223 e. The van der Waals surface area contributed by atoms with E-state index in [9.17, 15) is 0 Å². The molecule has 0 saturated carbocycles. The molecule has 3 heterocycles. The Balaban J connectivity index is 1.72. The topological polar surface area (TPSA) is 76.3 Å². The highest BCUT2D eigenvalue weighted by atomic mass is 32.1.